The number of carbonyl (C=O) groups is 1. The Morgan fingerprint density at radius 3 is 2.11 bits per heavy atom. The maximum Gasteiger partial charge on any atom is 0.160 e. The molecule has 0 aliphatic heterocycles. The van der Waals surface area contributed by atoms with Gasteiger partial charge in [0.1, 0.15) is 0 Å². The van der Waals surface area contributed by atoms with Crippen LogP contribution in [0.2, 0.25) is 0 Å². The summed E-state index contributed by atoms with van der Waals surface area (Å²) in [7, 11) is 0. The van der Waals surface area contributed by atoms with Crippen LogP contribution < -0.4 is 0 Å². The molecule has 0 aliphatic carbocycles. The van der Waals surface area contributed by atoms with E-state index < -0.39 is 0 Å². The van der Waals surface area contributed by atoms with Crippen molar-refractivity contribution < 1.29 is 4.79 Å². The smallest absolute Gasteiger partial charge is 0.160 e. The van der Waals surface area contributed by atoms with Crippen molar-refractivity contribution in [2.24, 2.45) is 0 Å². The van der Waals surface area contributed by atoms with Crippen LogP contribution in [0.3, 0.4) is 0 Å². The average Bonchev–Trinajstić information content (AvgIpc) is 2.40. The largest absolute Gasteiger partial charge is 0.294 e. The Balaban J connectivity index is 0. The second-order valence-corrected chi connectivity index (χ2v) is 3.77. The Kier molecular flexibility index (Phi) is 13.2. The van der Waals surface area contributed by atoms with Gasteiger partial charge in [-0.1, -0.05) is 59.2 Å². The number of ketones is 1. The predicted molar refractivity (Wildman–Crippen MR) is 82.5 cm³/mol. The van der Waals surface area contributed by atoms with Gasteiger partial charge in [0.25, 0.3) is 0 Å². The summed E-state index contributed by atoms with van der Waals surface area (Å²) >= 11 is 0. The molecule has 1 aromatic carbocycles. The van der Waals surface area contributed by atoms with Gasteiger partial charge in [0.05, 0.1) is 0 Å². The summed E-state index contributed by atoms with van der Waals surface area (Å²) in [6.07, 6.45) is 3.35. The first-order valence-electron chi connectivity index (χ1n) is 7.26. The highest BCUT2D eigenvalue weighted by Gasteiger charge is 2.08. The lowest BCUT2D eigenvalue weighted by atomic mass is 9.95. The van der Waals surface area contributed by atoms with E-state index in [2.05, 4.69) is 13.0 Å². The van der Waals surface area contributed by atoms with Crippen molar-refractivity contribution in [2.45, 2.75) is 67.7 Å². The molecule has 0 spiro atoms. The molecule has 0 radical (unpaired) electrons. The van der Waals surface area contributed by atoms with Gasteiger partial charge in [-0.2, -0.15) is 0 Å². The van der Waals surface area contributed by atoms with E-state index in [0.29, 0.717) is 0 Å². The van der Waals surface area contributed by atoms with Crippen molar-refractivity contribution >= 4 is 5.78 Å². The number of rotatable bonds is 4. The second kappa shape index (κ2) is 12.3. The molecule has 0 saturated carbocycles. The van der Waals surface area contributed by atoms with E-state index in [1.807, 2.05) is 46.8 Å². The van der Waals surface area contributed by atoms with Crippen LogP contribution in [-0.4, -0.2) is 5.78 Å². The molecule has 0 atom stereocenters. The van der Waals surface area contributed by atoms with E-state index in [4.69, 9.17) is 0 Å². The molecule has 0 N–H and O–H groups in total. The fraction of sp³-hybridized carbons (Fsp3) is 0.588. The number of aryl methyl sites for hydroxylation is 2. The molecule has 1 heteroatoms. The van der Waals surface area contributed by atoms with Crippen molar-refractivity contribution in [1.29, 1.82) is 0 Å². The number of Topliss-reactive ketones (excluding diaryl/α,β-unsaturated/α-hetero) is 1. The van der Waals surface area contributed by atoms with Gasteiger partial charge < -0.3 is 0 Å². The zero-order valence-corrected chi connectivity index (χ0v) is 13.3. The SMILES string of the molecule is CC.CC.CCCCc1cccc(C)c1C(C)=O. The number of hydrogen-bond acceptors (Lipinski definition) is 1. The third-order valence-corrected chi connectivity index (χ3v) is 2.51. The molecule has 0 saturated heterocycles. The third kappa shape index (κ3) is 6.58. The third-order valence-electron chi connectivity index (χ3n) is 2.51. The molecule has 18 heavy (non-hydrogen) atoms. The van der Waals surface area contributed by atoms with Crippen molar-refractivity contribution in [3.63, 3.8) is 0 Å². The van der Waals surface area contributed by atoms with Gasteiger partial charge in [-0.05, 0) is 37.8 Å². The van der Waals surface area contributed by atoms with Crippen molar-refractivity contribution in [3.05, 3.63) is 34.9 Å². The molecule has 0 heterocycles. The normalized spacial score (nSPS) is 8.61. The highest BCUT2D eigenvalue weighted by atomic mass is 16.1. The molecular formula is C17H30O. The van der Waals surface area contributed by atoms with Crippen LogP contribution in [-0.2, 0) is 6.42 Å². The topological polar surface area (TPSA) is 17.1 Å². The van der Waals surface area contributed by atoms with Crippen LogP contribution in [0.25, 0.3) is 0 Å². The zero-order chi connectivity index (χ0) is 14.6. The van der Waals surface area contributed by atoms with Crippen molar-refractivity contribution in [1.82, 2.24) is 0 Å². The summed E-state index contributed by atoms with van der Waals surface area (Å²) in [4.78, 5) is 11.5. The van der Waals surface area contributed by atoms with Crippen LogP contribution >= 0.6 is 0 Å². The number of benzene rings is 1. The van der Waals surface area contributed by atoms with Gasteiger partial charge in [-0.15, -0.1) is 0 Å². The monoisotopic (exact) mass is 250 g/mol. The molecule has 1 rings (SSSR count). The summed E-state index contributed by atoms with van der Waals surface area (Å²) in [5.41, 5.74) is 3.24. The molecule has 1 aromatic rings. The first-order valence-corrected chi connectivity index (χ1v) is 7.26. The van der Waals surface area contributed by atoms with Gasteiger partial charge in [0.2, 0.25) is 0 Å². The van der Waals surface area contributed by atoms with Crippen LogP contribution in [0, 0.1) is 6.92 Å². The molecule has 104 valence electrons. The Hall–Kier alpha value is -1.11. The quantitative estimate of drug-likeness (QED) is 0.636. The first kappa shape index (κ1) is 19.2. The van der Waals surface area contributed by atoms with E-state index in [9.17, 15) is 4.79 Å². The van der Waals surface area contributed by atoms with Crippen LogP contribution in [0.5, 0.6) is 0 Å². The van der Waals surface area contributed by atoms with Crippen LogP contribution in [0.4, 0.5) is 0 Å². The second-order valence-electron chi connectivity index (χ2n) is 3.77. The number of hydrogen-bond donors (Lipinski definition) is 0. The minimum Gasteiger partial charge on any atom is -0.294 e. The molecule has 0 amide bonds. The summed E-state index contributed by atoms with van der Waals surface area (Å²) < 4.78 is 0. The standard InChI is InChI=1S/C13H18O.2C2H6/c1-4-5-8-12-9-6-7-10(2)13(12)11(3)14;2*1-2/h6-7,9H,4-5,8H2,1-3H3;2*1-2H3. The maximum absolute atomic E-state index is 11.5. The summed E-state index contributed by atoms with van der Waals surface area (Å²) in [5.74, 6) is 0.189. The zero-order valence-electron chi connectivity index (χ0n) is 13.3. The van der Waals surface area contributed by atoms with Crippen LogP contribution in [0.15, 0.2) is 18.2 Å². The predicted octanol–water partition coefficient (Wildman–Crippen LogP) is 5.59. The summed E-state index contributed by atoms with van der Waals surface area (Å²) in [5, 5.41) is 0. The molecule has 0 unspecified atom stereocenters. The lowest BCUT2D eigenvalue weighted by Crippen LogP contribution is -2.02. The lowest BCUT2D eigenvalue weighted by molar-refractivity contribution is 0.101. The Labute approximate surface area is 114 Å². The Bertz CT molecular complexity index is 326. The molecule has 0 bridgehead atoms. The molecule has 1 nitrogen and oxygen atoms in total. The minimum absolute atomic E-state index is 0.189. The first-order chi connectivity index (χ1) is 8.66. The van der Waals surface area contributed by atoms with E-state index in [1.54, 1.807) is 6.92 Å². The lowest BCUT2D eigenvalue weighted by Gasteiger charge is -2.08. The fourth-order valence-electron chi connectivity index (χ4n) is 1.81. The maximum atomic E-state index is 11.5. The number of carbonyl (C=O) groups excluding carboxylic acids is 1. The van der Waals surface area contributed by atoms with Gasteiger partial charge in [-0.25, -0.2) is 0 Å². The molecule has 0 aliphatic rings. The van der Waals surface area contributed by atoms with Gasteiger partial charge in [0.15, 0.2) is 5.78 Å². The van der Waals surface area contributed by atoms with Crippen LogP contribution in [0.1, 0.15) is 75.9 Å². The van der Waals surface area contributed by atoms with Crippen molar-refractivity contribution in [3.8, 4) is 0 Å². The summed E-state index contributed by atoms with van der Waals surface area (Å²) in [6.45, 7) is 13.8. The van der Waals surface area contributed by atoms with E-state index >= 15 is 0 Å². The average molecular weight is 250 g/mol. The Morgan fingerprint density at radius 1 is 1.11 bits per heavy atom. The van der Waals surface area contributed by atoms with E-state index in [1.165, 1.54) is 12.0 Å². The Morgan fingerprint density at radius 2 is 1.67 bits per heavy atom. The molecule has 0 aromatic heterocycles. The van der Waals surface area contributed by atoms with E-state index in [-0.39, 0.29) is 5.78 Å². The van der Waals surface area contributed by atoms with Crippen molar-refractivity contribution in [2.75, 3.05) is 0 Å². The van der Waals surface area contributed by atoms with Gasteiger partial charge in [0, 0.05) is 5.56 Å². The van der Waals surface area contributed by atoms with Gasteiger partial charge >= 0.3 is 0 Å². The highest BCUT2D eigenvalue weighted by Crippen LogP contribution is 2.17. The minimum atomic E-state index is 0.189. The highest BCUT2D eigenvalue weighted by molar-refractivity contribution is 5.97. The van der Waals surface area contributed by atoms with E-state index in [0.717, 1.165) is 24.0 Å². The number of unbranched alkanes of at least 4 members (excludes halogenated alkanes) is 1. The molecule has 0 fully saturated rings. The molecular weight excluding hydrogens is 220 g/mol. The van der Waals surface area contributed by atoms with Gasteiger partial charge in [-0.3, -0.25) is 4.79 Å². The fourth-order valence-corrected chi connectivity index (χ4v) is 1.81. The summed E-state index contributed by atoms with van der Waals surface area (Å²) in [6, 6.07) is 6.11.